The second-order valence-corrected chi connectivity index (χ2v) is 8.24. The molecule has 0 amide bonds. The first-order valence-corrected chi connectivity index (χ1v) is 8.88. The molecule has 4 nitrogen and oxygen atoms in total. The van der Waals surface area contributed by atoms with Crippen LogP contribution in [0.4, 0.5) is 0 Å². The molecule has 0 radical (unpaired) electrons. The number of aliphatic hydroxyl groups excluding tert-OH is 1. The minimum absolute atomic E-state index is 0.132. The Hall–Kier alpha value is -0.730. The van der Waals surface area contributed by atoms with Crippen molar-refractivity contribution in [3.05, 3.63) is 38.9 Å². The monoisotopic (exact) mass is 317 g/mol. The standard InChI is InChI=1S/C12H15NO3S3/c1-8-6-12(18-11(8)7-14)19(15,16)13-9(2)10-4-3-5-17-10/h3-6,9,13-14H,7H2,1-2H3. The minimum atomic E-state index is -3.53. The van der Waals surface area contributed by atoms with Crippen LogP contribution in [-0.4, -0.2) is 13.5 Å². The molecule has 0 saturated heterocycles. The smallest absolute Gasteiger partial charge is 0.250 e. The number of rotatable bonds is 5. The Balaban J connectivity index is 2.22. The maximum atomic E-state index is 12.2. The third kappa shape index (κ3) is 3.24. The number of thiophene rings is 2. The van der Waals surface area contributed by atoms with Crippen molar-refractivity contribution in [2.75, 3.05) is 0 Å². The van der Waals surface area contributed by atoms with E-state index < -0.39 is 10.0 Å². The normalized spacial score (nSPS) is 13.6. The van der Waals surface area contributed by atoms with Crippen molar-refractivity contribution in [3.8, 4) is 0 Å². The van der Waals surface area contributed by atoms with Gasteiger partial charge in [0.2, 0.25) is 0 Å². The number of sulfonamides is 1. The van der Waals surface area contributed by atoms with Crippen LogP contribution < -0.4 is 4.72 Å². The molecule has 0 aliphatic rings. The van der Waals surface area contributed by atoms with Gasteiger partial charge in [-0.1, -0.05) is 6.07 Å². The molecular formula is C12H15NO3S3. The molecule has 7 heteroatoms. The molecule has 2 N–H and O–H groups in total. The van der Waals surface area contributed by atoms with Gasteiger partial charge in [-0.3, -0.25) is 0 Å². The van der Waals surface area contributed by atoms with E-state index >= 15 is 0 Å². The van der Waals surface area contributed by atoms with Crippen molar-refractivity contribution < 1.29 is 13.5 Å². The van der Waals surface area contributed by atoms with E-state index in [-0.39, 0.29) is 16.9 Å². The highest BCUT2D eigenvalue weighted by Gasteiger charge is 2.22. The maximum Gasteiger partial charge on any atom is 0.250 e. The summed E-state index contributed by atoms with van der Waals surface area (Å²) in [5, 5.41) is 11.0. The predicted octanol–water partition coefficient (Wildman–Crippen LogP) is 2.65. The highest BCUT2D eigenvalue weighted by molar-refractivity contribution is 7.91. The van der Waals surface area contributed by atoms with Gasteiger partial charge in [-0.25, -0.2) is 13.1 Å². The summed E-state index contributed by atoms with van der Waals surface area (Å²) in [5.74, 6) is 0. The van der Waals surface area contributed by atoms with Crippen LogP contribution >= 0.6 is 22.7 Å². The molecule has 0 aliphatic carbocycles. The van der Waals surface area contributed by atoms with Crippen LogP contribution in [0.2, 0.25) is 0 Å². The molecule has 0 spiro atoms. The van der Waals surface area contributed by atoms with E-state index in [9.17, 15) is 8.42 Å². The molecule has 2 rings (SSSR count). The summed E-state index contributed by atoms with van der Waals surface area (Å²) >= 11 is 2.62. The lowest BCUT2D eigenvalue weighted by Crippen LogP contribution is -2.25. The first-order valence-electron chi connectivity index (χ1n) is 5.70. The Morgan fingerprint density at radius 3 is 2.74 bits per heavy atom. The van der Waals surface area contributed by atoms with E-state index in [1.807, 2.05) is 24.4 Å². The molecule has 19 heavy (non-hydrogen) atoms. The lowest BCUT2D eigenvalue weighted by molar-refractivity contribution is 0.285. The Morgan fingerprint density at radius 1 is 1.47 bits per heavy atom. The number of aliphatic hydroxyl groups is 1. The molecule has 0 bridgehead atoms. The summed E-state index contributed by atoms with van der Waals surface area (Å²) in [6, 6.07) is 5.13. The summed E-state index contributed by atoms with van der Waals surface area (Å²) in [6.45, 7) is 3.48. The summed E-state index contributed by atoms with van der Waals surface area (Å²) in [7, 11) is -3.53. The Bertz CT molecular complexity index is 644. The number of nitrogens with one attached hydrogen (secondary N) is 1. The van der Waals surface area contributed by atoms with Gasteiger partial charge in [0, 0.05) is 9.75 Å². The summed E-state index contributed by atoms with van der Waals surface area (Å²) in [5.41, 5.74) is 0.802. The van der Waals surface area contributed by atoms with Crippen molar-refractivity contribution in [2.24, 2.45) is 0 Å². The van der Waals surface area contributed by atoms with Gasteiger partial charge in [-0.2, -0.15) is 0 Å². The van der Waals surface area contributed by atoms with Crippen molar-refractivity contribution in [1.29, 1.82) is 0 Å². The largest absolute Gasteiger partial charge is 0.391 e. The molecule has 0 saturated carbocycles. The first-order chi connectivity index (χ1) is 8.94. The third-order valence-electron chi connectivity index (χ3n) is 2.71. The molecular weight excluding hydrogens is 302 g/mol. The summed E-state index contributed by atoms with van der Waals surface area (Å²) in [6.07, 6.45) is 0. The van der Waals surface area contributed by atoms with Crippen LogP contribution in [0.3, 0.4) is 0 Å². The van der Waals surface area contributed by atoms with Gasteiger partial charge in [0.1, 0.15) is 4.21 Å². The van der Waals surface area contributed by atoms with Crippen molar-refractivity contribution >= 4 is 32.7 Å². The fourth-order valence-corrected chi connectivity index (χ4v) is 5.16. The van der Waals surface area contributed by atoms with E-state index in [0.717, 1.165) is 21.8 Å². The van der Waals surface area contributed by atoms with Gasteiger partial charge in [0.05, 0.1) is 12.6 Å². The molecule has 2 heterocycles. The molecule has 1 unspecified atom stereocenters. The second kappa shape index (κ2) is 5.72. The minimum Gasteiger partial charge on any atom is -0.391 e. The van der Waals surface area contributed by atoms with Crippen molar-refractivity contribution in [2.45, 2.75) is 30.7 Å². The highest BCUT2D eigenvalue weighted by atomic mass is 32.2. The fourth-order valence-electron chi connectivity index (χ4n) is 1.66. The van der Waals surface area contributed by atoms with Crippen LogP contribution in [-0.2, 0) is 16.6 Å². The fraction of sp³-hybridized carbons (Fsp3) is 0.333. The Morgan fingerprint density at radius 2 is 2.21 bits per heavy atom. The molecule has 0 aromatic carbocycles. The van der Waals surface area contributed by atoms with Crippen molar-refractivity contribution in [3.63, 3.8) is 0 Å². The average molecular weight is 317 g/mol. The van der Waals surface area contributed by atoms with Crippen LogP contribution in [0.15, 0.2) is 27.8 Å². The SMILES string of the molecule is Cc1cc(S(=O)(=O)NC(C)c2cccs2)sc1CO. The van der Waals surface area contributed by atoms with Crippen LogP contribution in [0.25, 0.3) is 0 Å². The van der Waals surface area contributed by atoms with E-state index in [2.05, 4.69) is 4.72 Å². The van der Waals surface area contributed by atoms with Gasteiger partial charge in [-0.15, -0.1) is 22.7 Å². The summed E-state index contributed by atoms with van der Waals surface area (Å²) < 4.78 is 27.4. The zero-order valence-corrected chi connectivity index (χ0v) is 13.0. The van der Waals surface area contributed by atoms with Gasteiger partial charge < -0.3 is 5.11 Å². The predicted molar refractivity (Wildman–Crippen MR) is 78.0 cm³/mol. The van der Waals surface area contributed by atoms with E-state index in [1.54, 1.807) is 13.0 Å². The number of hydrogen-bond acceptors (Lipinski definition) is 5. The number of aryl methyl sites for hydroxylation is 1. The highest BCUT2D eigenvalue weighted by Crippen LogP contribution is 2.28. The van der Waals surface area contributed by atoms with Crippen LogP contribution in [0.5, 0.6) is 0 Å². The molecule has 104 valence electrons. The Kier molecular flexibility index (Phi) is 4.42. The third-order valence-corrected chi connectivity index (χ3v) is 7.00. The summed E-state index contributed by atoms with van der Waals surface area (Å²) in [4.78, 5) is 1.66. The zero-order valence-electron chi connectivity index (χ0n) is 10.6. The van der Waals surface area contributed by atoms with Crippen LogP contribution in [0.1, 0.15) is 28.3 Å². The lowest BCUT2D eigenvalue weighted by atomic mass is 10.3. The molecule has 0 aliphatic heterocycles. The quantitative estimate of drug-likeness (QED) is 0.891. The van der Waals surface area contributed by atoms with E-state index in [0.29, 0.717) is 4.88 Å². The first kappa shape index (κ1) is 14.7. The second-order valence-electron chi connectivity index (χ2n) is 4.19. The molecule has 2 aromatic rings. The maximum absolute atomic E-state index is 12.2. The average Bonchev–Trinajstić information content (AvgIpc) is 2.96. The molecule has 0 fully saturated rings. The molecule has 2 aromatic heterocycles. The van der Waals surface area contributed by atoms with Gasteiger partial charge in [-0.05, 0) is 36.9 Å². The van der Waals surface area contributed by atoms with Gasteiger partial charge in [0.25, 0.3) is 10.0 Å². The van der Waals surface area contributed by atoms with E-state index in [4.69, 9.17) is 5.11 Å². The van der Waals surface area contributed by atoms with Crippen molar-refractivity contribution in [1.82, 2.24) is 4.72 Å². The van der Waals surface area contributed by atoms with Gasteiger partial charge >= 0.3 is 0 Å². The Labute approximate surface area is 120 Å². The molecule has 1 atom stereocenters. The zero-order chi connectivity index (χ0) is 14.0. The topological polar surface area (TPSA) is 66.4 Å². The van der Waals surface area contributed by atoms with E-state index in [1.165, 1.54) is 11.3 Å². The lowest BCUT2D eigenvalue weighted by Gasteiger charge is -2.11. The van der Waals surface area contributed by atoms with Crippen LogP contribution in [0, 0.1) is 6.92 Å². The van der Waals surface area contributed by atoms with Gasteiger partial charge in [0.15, 0.2) is 0 Å². The number of hydrogen-bond donors (Lipinski definition) is 2.